The van der Waals surface area contributed by atoms with Crippen molar-refractivity contribution in [2.45, 2.75) is 0 Å². The summed E-state index contributed by atoms with van der Waals surface area (Å²) in [6, 6.07) is 13.4. The summed E-state index contributed by atoms with van der Waals surface area (Å²) in [5, 5.41) is 0.934. The number of methoxy groups -OCH3 is 1. The molecule has 5 nitrogen and oxygen atoms in total. The molecule has 0 saturated carbocycles. The predicted octanol–water partition coefficient (Wildman–Crippen LogP) is 2.89. The van der Waals surface area contributed by atoms with Crippen LogP contribution in [0.3, 0.4) is 0 Å². The molecule has 0 heterocycles. The Morgan fingerprint density at radius 3 is 2.36 bits per heavy atom. The van der Waals surface area contributed by atoms with Crippen LogP contribution in [0.2, 0.25) is 0 Å². The van der Waals surface area contributed by atoms with Crippen LogP contribution in [0.5, 0.6) is 11.5 Å². The number of ether oxygens (including phenoxy) is 1. The molecule has 0 aliphatic carbocycles. The Kier molecular flexibility index (Phi) is 4.95. The van der Waals surface area contributed by atoms with E-state index >= 15 is 0 Å². The topological polar surface area (TPSA) is 69.7 Å². The van der Waals surface area contributed by atoms with E-state index in [1.165, 1.54) is 25.3 Å². The van der Waals surface area contributed by atoms with E-state index in [1.54, 1.807) is 30.3 Å². The van der Waals surface area contributed by atoms with Crippen molar-refractivity contribution in [3.05, 3.63) is 65.1 Å². The molecule has 0 fully saturated rings. The highest BCUT2D eigenvalue weighted by molar-refractivity contribution is 7.90. The number of hydrogen-bond acceptors (Lipinski definition) is 5. The molecule has 2 aromatic rings. The Morgan fingerprint density at radius 2 is 1.73 bits per heavy atom. The van der Waals surface area contributed by atoms with Crippen molar-refractivity contribution >= 4 is 22.5 Å². The Bertz CT molecular complexity index is 779. The van der Waals surface area contributed by atoms with Crippen LogP contribution >= 0.6 is 0 Å². The molecule has 0 atom stereocenters. The summed E-state index contributed by atoms with van der Waals surface area (Å²) in [4.78, 5) is 11.0. The Morgan fingerprint density at radius 1 is 1.00 bits per heavy atom. The lowest BCUT2D eigenvalue weighted by atomic mass is 10.2. The number of rotatable bonds is 6. The molecule has 0 spiro atoms. The van der Waals surface area contributed by atoms with Crippen molar-refractivity contribution in [3.63, 3.8) is 0 Å². The summed E-state index contributed by atoms with van der Waals surface area (Å²) < 4.78 is 34.1. The summed E-state index contributed by atoms with van der Waals surface area (Å²) in [7, 11) is -2.65. The van der Waals surface area contributed by atoms with E-state index in [1.807, 2.05) is 6.07 Å². The second-order valence-electron chi connectivity index (χ2n) is 4.29. The van der Waals surface area contributed by atoms with Crippen LogP contribution < -0.4 is 8.92 Å². The third-order valence-electron chi connectivity index (χ3n) is 2.78. The molecule has 0 N–H and O–H groups in total. The van der Waals surface area contributed by atoms with Crippen LogP contribution in [-0.4, -0.2) is 21.8 Å². The van der Waals surface area contributed by atoms with E-state index in [4.69, 9.17) is 8.92 Å². The molecule has 0 aliphatic rings. The fraction of sp³-hybridized carbons (Fsp3) is 0.0625. The van der Waals surface area contributed by atoms with Gasteiger partial charge in [-0.05, 0) is 23.8 Å². The van der Waals surface area contributed by atoms with Crippen molar-refractivity contribution in [2.75, 3.05) is 7.11 Å². The summed E-state index contributed by atoms with van der Waals surface area (Å²) in [5.74, 6) is 0.0407. The maximum atomic E-state index is 12.0. The zero-order chi connectivity index (χ0) is 16.0. The molecular weight excluding hydrogens is 304 g/mol. The molecule has 0 aliphatic heterocycles. The second kappa shape index (κ2) is 6.91. The predicted molar refractivity (Wildman–Crippen MR) is 83.4 cm³/mol. The zero-order valence-corrected chi connectivity index (χ0v) is 12.6. The molecular formula is C16H14O5S. The number of carbonyl (C=O) groups excluding carboxylic acids is 1. The lowest BCUT2D eigenvalue weighted by Crippen LogP contribution is -2.08. The first-order chi connectivity index (χ1) is 10.6. The molecule has 0 unspecified atom stereocenters. The van der Waals surface area contributed by atoms with Crippen LogP contribution in [-0.2, 0) is 10.1 Å². The molecule has 2 aromatic carbocycles. The monoisotopic (exact) mass is 318 g/mol. The van der Waals surface area contributed by atoms with Crippen molar-refractivity contribution < 1.29 is 22.1 Å². The first kappa shape index (κ1) is 15.8. The fourth-order valence-corrected chi connectivity index (χ4v) is 2.54. The van der Waals surface area contributed by atoms with Gasteiger partial charge in [-0.3, -0.25) is 4.79 Å². The molecule has 0 aromatic heterocycles. The van der Waals surface area contributed by atoms with Gasteiger partial charge in [0.2, 0.25) is 0 Å². The normalized spacial score (nSPS) is 11.3. The van der Waals surface area contributed by atoms with E-state index in [0.29, 0.717) is 11.8 Å². The minimum Gasteiger partial charge on any atom is -0.493 e. The summed E-state index contributed by atoms with van der Waals surface area (Å²) in [5.41, 5.74) is 0.807. The first-order valence-electron chi connectivity index (χ1n) is 6.35. The highest BCUT2D eigenvalue weighted by atomic mass is 32.2. The average molecular weight is 318 g/mol. The van der Waals surface area contributed by atoms with Gasteiger partial charge in [0.05, 0.1) is 18.1 Å². The highest BCUT2D eigenvalue weighted by Crippen LogP contribution is 2.31. The first-order valence-corrected chi connectivity index (χ1v) is 7.82. The van der Waals surface area contributed by atoms with E-state index in [-0.39, 0.29) is 17.1 Å². The molecule has 0 bridgehead atoms. The molecule has 6 heteroatoms. The van der Waals surface area contributed by atoms with Gasteiger partial charge in [-0.15, -0.1) is 0 Å². The van der Waals surface area contributed by atoms with Gasteiger partial charge >= 0.3 is 10.1 Å². The van der Waals surface area contributed by atoms with E-state index in [2.05, 4.69) is 0 Å². The van der Waals surface area contributed by atoms with E-state index < -0.39 is 10.1 Å². The third-order valence-corrected chi connectivity index (χ3v) is 3.65. The van der Waals surface area contributed by atoms with Crippen LogP contribution in [0.25, 0.3) is 6.08 Å². The van der Waals surface area contributed by atoms with Crippen LogP contribution in [0, 0.1) is 0 Å². The van der Waals surface area contributed by atoms with Crippen LogP contribution in [0.4, 0.5) is 0 Å². The Balaban J connectivity index is 2.30. The Hall–Kier alpha value is -2.60. The number of hydrogen-bond donors (Lipinski definition) is 0. The summed E-state index contributed by atoms with van der Waals surface area (Å²) >= 11 is 0. The molecule has 22 heavy (non-hydrogen) atoms. The van der Waals surface area contributed by atoms with Crippen LogP contribution in [0.15, 0.2) is 53.9 Å². The maximum Gasteiger partial charge on any atom is 0.332 e. The van der Waals surface area contributed by atoms with Gasteiger partial charge in [0, 0.05) is 0 Å². The third kappa shape index (κ3) is 3.95. The SMILES string of the molecule is COc1cccc(C=O)c1OS(=O)(=O)/C=C/c1ccccc1. The van der Waals surface area contributed by atoms with Gasteiger partial charge in [-0.1, -0.05) is 36.4 Å². The minimum atomic E-state index is -4.02. The van der Waals surface area contributed by atoms with Gasteiger partial charge in [-0.25, -0.2) is 0 Å². The van der Waals surface area contributed by atoms with E-state index in [0.717, 1.165) is 5.41 Å². The van der Waals surface area contributed by atoms with Crippen LogP contribution in [0.1, 0.15) is 15.9 Å². The smallest absolute Gasteiger partial charge is 0.332 e. The minimum absolute atomic E-state index is 0.0936. The Labute approximate surface area is 128 Å². The maximum absolute atomic E-state index is 12.0. The fourth-order valence-electron chi connectivity index (χ4n) is 1.75. The van der Waals surface area contributed by atoms with Gasteiger partial charge in [0.1, 0.15) is 0 Å². The van der Waals surface area contributed by atoms with Gasteiger partial charge in [0.15, 0.2) is 17.8 Å². The number of benzene rings is 2. The van der Waals surface area contributed by atoms with Crippen molar-refractivity contribution in [1.29, 1.82) is 0 Å². The van der Waals surface area contributed by atoms with Crippen molar-refractivity contribution in [3.8, 4) is 11.5 Å². The average Bonchev–Trinajstić information content (AvgIpc) is 2.54. The number of para-hydroxylation sites is 1. The van der Waals surface area contributed by atoms with Gasteiger partial charge in [-0.2, -0.15) is 8.42 Å². The summed E-state index contributed by atoms with van der Waals surface area (Å²) in [6.45, 7) is 0. The molecule has 0 saturated heterocycles. The van der Waals surface area contributed by atoms with Crippen molar-refractivity contribution in [1.82, 2.24) is 0 Å². The number of carbonyl (C=O) groups is 1. The molecule has 0 radical (unpaired) electrons. The number of aldehydes is 1. The standard InChI is InChI=1S/C16H14O5S/c1-20-15-9-5-8-14(12-17)16(15)21-22(18,19)11-10-13-6-3-2-4-7-13/h2-12H,1H3/b11-10+. The highest BCUT2D eigenvalue weighted by Gasteiger charge is 2.16. The lowest BCUT2D eigenvalue weighted by Gasteiger charge is -2.10. The van der Waals surface area contributed by atoms with Gasteiger partial charge < -0.3 is 8.92 Å². The van der Waals surface area contributed by atoms with E-state index in [9.17, 15) is 13.2 Å². The van der Waals surface area contributed by atoms with Gasteiger partial charge in [0.25, 0.3) is 0 Å². The van der Waals surface area contributed by atoms with Crippen molar-refractivity contribution in [2.24, 2.45) is 0 Å². The molecule has 0 amide bonds. The lowest BCUT2D eigenvalue weighted by molar-refractivity contribution is 0.112. The second-order valence-corrected chi connectivity index (χ2v) is 5.71. The largest absolute Gasteiger partial charge is 0.493 e. The molecule has 114 valence electrons. The summed E-state index contributed by atoms with van der Waals surface area (Å²) in [6.07, 6.45) is 1.92. The quantitative estimate of drug-likeness (QED) is 0.605. The molecule has 2 rings (SSSR count). The zero-order valence-electron chi connectivity index (χ0n) is 11.8.